The molecule has 48 heavy (non-hydrogen) atoms. The van der Waals surface area contributed by atoms with Gasteiger partial charge in [0.05, 0.1) is 11.2 Å². The van der Waals surface area contributed by atoms with Gasteiger partial charge in [-0.15, -0.1) is 0 Å². The molecule has 0 saturated carbocycles. The molecule has 0 aliphatic carbocycles. The lowest BCUT2D eigenvalue weighted by Crippen LogP contribution is -2.46. The van der Waals surface area contributed by atoms with Gasteiger partial charge in [0.1, 0.15) is 5.60 Å². The molecule has 2 aliphatic heterocycles. The van der Waals surface area contributed by atoms with Crippen molar-refractivity contribution in [2.75, 3.05) is 26.8 Å². The molecule has 1 unspecified atom stereocenters. The minimum Gasteiger partial charge on any atom is -0.444 e. The third-order valence-corrected chi connectivity index (χ3v) is 9.89. The van der Waals surface area contributed by atoms with Gasteiger partial charge < -0.3 is 33.6 Å². The number of aryl methyl sites for hydroxylation is 1. The predicted molar refractivity (Wildman–Crippen MR) is 191 cm³/mol. The second kappa shape index (κ2) is 14.6. The number of hydrogen-bond donors (Lipinski definition) is 1. The Morgan fingerprint density at radius 1 is 1.04 bits per heavy atom. The Labute approximate surface area is 286 Å². The molecule has 10 heteroatoms. The molecule has 1 aromatic heterocycles. The maximum atomic E-state index is 13.9. The first-order chi connectivity index (χ1) is 22.7. The van der Waals surface area contributed by atoms with Gasteiger partial charge in [-0.1, -0.05) is 42.5 Å². The van der Waals surface area contributed by atoms with E-state index in [-0.39, 0.29) is 18.2 Å². The Morgan fingerprint density at radius 2 is 1.73 bits per heavy atom. The molecular weight excluding hydrogens is 605 g/mol. The first-order valence-electron chi connectivity index (χ1n) is 17.4. The van der Waals surface area contributed by atoms with Crippen LogP contribution in [-0.4, -0.2) is 78.2 Å². The van der Waals surface area contributed by atoms with Crippen LogP contribution in [0.3, 0.4) is 0 Å². The zero-order chi connectivity index (χ0) is 34.7. The monoisotopic (exact) mass is 659 g/mol. The van der Waals surface area contributed by atoms with Crippen molar-refractivity contribution in [1.82, 2.24) is 14.8 Å². The number of aromatic nitrogens is 1. The van der Waals surface area contributed by atoms with Gasteiger partial charge in [0, 0.05) is 62.9 Å². The molecule has 3 heterocycles. The second-order valence-electron chi connectivity index (χ2n) is 15.4. The highest BCUT2D eigenvalue weighted by Gasteiger charge is 2.51. The third-order valence-electron chi connectivity index (χ3n) is 9.89. The Balaban J connectivity index is 1.29. The Morgan fingerprint density at radius 3 is 2.40 bits per heavy atom. The van der Waals surface area contributed by atoms with Crippen molar-refractivity contribution in [3.63, 3.8) is 0 Å². The fraction of sp³-hybridized carbons (Fsp3) is 0.579. The summed E-state index contributed by atoms with van der Waals surface area (Å²) in [6.07, 6.45) is 3.03. The number of fused-ring (bicyclic) bond motifs is 1. The lowest BCUT2D eigenvalue weighted by molar-refractivity contribution is -0.132. The Bertz CT molecular complexity index is 1540. The van der Waals surface area contributed by atoms with Gasteiger partial charge >= 0.3 is 13.2 Å². The predicted octanol–water partition coefficient (Wildman–Crippen LogP) is 6.21. The van der Waals surface area contributed by atoms with Crippen LogP contribution in [0.4, 0.5) is 4.79 Å². The highest BCUT2D eigenvalue weighted by Crippen LogP contribution is 2.36. The SMILES string of the molecule is COCCCn1c(C2CCCN(C(=O)C[C@@H](Cc3ccc(B4OC(C)(C)C(C)(C)O4)cc3)NC(=O)OC(C)(C)C)C2)cc2ccccc21. The van der Waals surface area contributed by atoms with Crippen LogP contribution < -0.4 is 10.8 Å². The van der Waals surface area contributed by atoms with Crippen molar-refractivity contribution in [3.8, 4) is 0 Å². The average molecular weight is 660 g/mol. The van der Waals surface area contributed by atoms with Gasteiger partial charge in [0.15, 0.2) is 0 Å². The molecule has 5 rings (SSSR count). The molecule has 9 nitrogen and oxygen atoms in total. The van der Waals surface area contributed by atoms with Crippen LogP contribution >= 0.6 is 0 Å². The molecule has 0 radical (unpaired) electrons. The molecule has 1 N–H and O–H groups in total. The minimum atomic E-state index is -0.648. The Kier molecular flexibility index (Phi) is 11.0. The van der Waals surface area contributed by atoms with Gasteiger partial charge in [-0.25, -0.2) is 4.79 Å². The molecule has 2 aromatic carbocycles. The van der Waals surface area contributed by atoms with Crippen molar-refractivity contribution in [3.05, 3.63) is 65.9 Å². The summed E-state index contributed by atoms with van der Waals surface area (Å²) in [5.74, 6) is 0.272. The summed E-state index contributed by atoms with van der Waals surface area (Å²) in [5.41, 5.74) is 2.93. The Hall–Kier alpha value is -3.34. The number of piperidine rings is 1. The number of hydrogen-bond acceptors (Lipinski definition) is 6. The summed E-state index contributed by atoms with van der Waals surface area (Å²) in [5, 5.41) is 4.23. The standard InChI is InChI=1S/C38H54BN3O6/c1-36(2,3)46-35(44)40-31(23-27-16-18-30(19-17-27)39-47-37(4,5)38(6,7)48-39)25-34(43)41-20-11-14-29(26-41)33-24-28-13-9-10-15-32(28)42(33)21-12-22-45-8/h9-10,13,15-19,24,29,31H,11-12,14,20-23,25-26H2,1-8H3,(H,40,44)/t29?,31-/m1/s1. The number of ether oxygens (including phenoxy) is 2. The number of carbonyl (C=O) groups excluding carboxylic acids is 2. The highest BCUT2D eigenvalue weighted by atomic mass is 16.7. The van der Waals surface area contributed by atoms with E-state index in [1.165, 1.54) is 16.6 Å². The van der Waals surface area contributed by atoms with E-state index in [1.54, 1.807) is 7.11 Å². The highest BCUT2D eigenvalue weighted by molar-refractivity contribution is 6.62. The molecule has 2 aliphatic rings. The summed E-state index contributed by atoms with van der Waals surface area (Å²) >= 11 is 0. The van der Waals surface area contributed by atoms with E-state index in [4.69, 9.17) is 18.8 Å². The second-order valence-corrected chi connectivity index (χ2v) is 15.4. The molecule has 2 fully saturated rings. The molecular formula is C38H54BN3O6. The van der Waals surface area contributed by atoms with E-state index in [1.807, 2.05) is 77.6 Å². The number of benzene rings is 2. The first kappa shape index (κ1) is 36.0. The molecule has 2 amide bonds. The number of amides is 2. The van der Waals surface area contributed by atoms with E-state index >= 15 is 0 Å². The van der Waals surface area contributed by atoms with Crippen LogP contribution in [0.5, 0.6) is 0 Å². The number of likely N-dealkylation sites (tertiary alicyclic amines) is 1. The fourth-order valence-electron chi connectivity index (χ4n) is 6.69. The van der Waals surface area contributed by atoms with Crippen molar-refractivity contribution < 1.29 is 28.4 Å². The van der Waals surface area contributed by atoms with E-state index in [2.05, 4.69) is 40.2 Å². The lowest BCUT2D eigenvalue weighted by atomic mass is 9.78. The van der Waals surface area contributed by atoms with Gasteiger partial charge in [0.25, 0.3) is 0 Å². The van der Waals surface area contributed by atoms with E-state index < -0.39 is 36.1 Å². The van der Waals surface area contributed by atoms with E-state index in [0.29, 0.717) is 26.1 Å². The maximum absolute atomic E-state index is 13.9. The van der Waals surface area contributed by atoms with Crippen molar-refractivity contribution in [2.45, 2.75) is 116 Å². The average Bonchev–Trinajstić information content (AvgIpc) is 3.49. The zero-order valence-corrected chi connectivity index (χ0v) is 30.1. The molecule has 2 saturated heterocycles. The molecule has 0 bridgehead atoms. The number of methoxy groups -OCH3 is 1. The van der Waals surface area contributed by atoms with Crippen LogP contribution in [0.15, 0.2) is 54.6 Å². The summed E-state index contributed by atoms with van der Waals surface area (Å²) < 4.78 is 25.8. The van der Waals surface area contributed by atoms with Crippen molar-refractivity contribution in [2.24, 2.45) is 0 Å². The number of alkyl carbamates (subject to hydrolysis) is 1. The summed E-state index contributed by atoms with van der Waals surface area (Å²) in [6, 6.07) is 18.4. The zero-order valence-electron chi connectivity index (χ0n) is 30.1. The number of carbonyl (C=O) groups is 2. The third kappa shape index (κ3) is 8.63. The van der Waals surface area contributed by atoms with Crippen LogP contribution in [0, 0.1) is 0 Å². The summed E-state index contributed by atoms with van der Waals surface area (Å²) in [4.78, 5) is 28.9. The number of rotatable bonds is 11. The smallest absolute Gasteiger partial charge is 0.444 e. The summed E-state index contributed by atoms with van der Waals surface area (Å²) in [6.45, 7) is 16.6. The van der Waals surface area contributed by atoms with Gasteiger partial charge in [-0.3, -0.25) is 4.79 Å². The van der Waals surface area contributed by atoms with Crippen LogP contribution in [0.25, 0.3) is 10.9 Å². The minimum absolute atomic E-state index is 0.0386. The molecule has 260 valence electrons. The number of nitrogens with zero attached hydrogens (tertiary/aromatic N) is 2. The van der Waals surface area contributed by atoms with Crippen LogP contribution in [0.1, 0.15) is 91.3 Å². The van der Waals surface area contributed by atoms with Gasteiger partial charge in [-0.2, -0.15) is 0 Å². The topological polar surface area (TPSA) is 91.3 Å². The first-order valence-corrected chi connectivity index (χ1v) is 17.4. The van der Waals surface area contributed by atoms with Crippen LogP contribution in [0.2, 0.25) is 0 Å². The van der Waals surface area contributed by atoms with Crippen LogP contribution in [-0.2, 0) is 36.5 Å². The number of nitrogens with one attached hydrogen (secondary N) is 1. The molecule has 3 aromatic rings. The van der Waals surface area contributed by atoms with E-state index in [0.717, 1.165) is 36.8 Å². The maximum Gasteiger partial charge on any atom is 0.494 e. The summed E-state index contributed by atoms with van der Waals surface area (Å²) in [7, 11) is 1.29. The van der Waals surface area contributed by atoms with Crippen molar-refractivity contribution >= 4 is 35.5 Å². The fourth-order valence-corrected chi connectivity index (χ4v) is 6.69. The molecule has 2 atom stereocenters. The normalized spacial score (nSPS) is 19.8. The lowest BCUT2D eigenvalue weighted by Gasteiger charge is -2.34. The molecule has 0 spiro atoms. The van der Waals surface area contributed by atoms with E-state index in [9.17, 15) is 9.59 Å². The number of para-hydroxylation sites is 1. The van der Waals surface area contributed by atoms with Crippen molar-refractivity contribution in [1.29, 1.82) is 0 Å². The van der Waals surface area contributed by atoms with Gasteiger partial charge in [0.2, 0.25) is 5.91 Å². The quantitative estimate of drug-likeness (QED) is 0.195. The van der Waals surface area contributed by atoms with Gasteiger partial charge in [-0.05, 0) is 103 Å². The largest absolute Gasteiger partial charge is 0.494 e.